The van der Waals surface area contributed by atoms with Crippen LogP contribution in [0.25, 0.3) is 0 Å². The number of amides is 6. The van der Waals surface area contributed by atoms with Crippen LogP contribution in [0.4, 0.5) is 0 Å². The van der Waals surface area contributed by atoms with E-state index in [1.165, 1.54) is 6.92 Å². The van der Waals surface area contributed by atoms with Crippen LogP contribution in [-0.2, 0) is 49.5 Å². The van der Waals surface area contributed by atoms with Gasteiger partial charge in [0.05, 0.1) is 25.0 Å². The van der Waals surface area contributed by atoms with Crippen LogP contribution in [0.1, 0.15) is 45.1 Å². The van der Waals surface area contributed by atoms with E-state index in [-0.39, 0.29) is 31.9 Å². The van der Waals surface area contributed by atoms with E-state index in [2.05, 4.69) is 39.2 Å². The smallest absolute Gasteiger partial charge is 0.246 e. The fourth-order valence-corrected chi connectivity index (χ4v) is 4.98. The molecule has 1 aliphatic carbocycles. The SMILES string of the molecule is CCC(C=O)(CC=O)C(C)(S)C(=O)NCC(=O)NCC(=O)NC(Cc1ccccc1)C(=O)NCC(=O)NCOC(C(N)=O)C1CC1. The second-order valence-electron chi connectivity index (χ2n) is 11.1. The molecule has 252 valence electrons. The van der Waals surface area contributed by atoms with E-state index < -0.39 is 77.4 Å². The zero-order chi connectivity index (χ0) is 34.3. The Morgan fingerprint density at radius 1 is 0.957 bits per heavy atom. The second kappa shape index (κ2) is 18.0. The largest absolute Gasteiger partial charge is 0.367 e. The van der Waals surface area contributed by atoms with Gasteiger partial charge in [-0.15, -0.1) is 0 Å². The van der Waals surface area contributed by atoms with Gasteiger partial charge in [0.15, 0.2) is 0 Å². The maximum atomic E-state index is 13.0. The molecule has 0 bridgehead atoms. The van der Waals surface area contributed by atoms with Gasteiger partial charge >= 0.3 is 0 Å². The number of carbonyl (C=O) groups is 8. The zero-order valence-electron chi connectivity index (χ0n) is 25.8. The van der Waals surface area contributed by atoms with Crippen molar-refractivity contribution >= 4 is 60.6 Å². The fraction of sp³-hybridized carbons (Fsp3) is 0.533. The lowest BCUT2D eigenvalue weighted by Crippen LogP contribution is -2.55. The third-order valence-electron chi connectivity index (χ3n) is 7.79. The molecule has 46 heavy (non-hydrogen) atoms. The monoisotopic (exact) mass is 662 g/mol. The highest BCUT2D eigenvalue weighted by Crippen LogP contribution is 2.41. The predicted octanol–water partition coefficient (Wildman–Crippen LogP) is -1.71. The number of hydrogen-bond donors (Lipinski definition) is 7. The van der Waals surface area contributed by atoms with Crippen molar-refractivity contribution in [3.05, 3.63) is 35.9 Å². The number of thiol groups is 1. The lowest BCUT2D eigenvalue weighted by molar-refractivity contribution is -0.135. The minimum absolute atomic E-state index is 0.0348. The highest BCUT2D eigenvalue weighted by atomic mass is 32.1. The van der Waals surface area contributed by atoms with E-state index in [1.807, 2.05) is 0 Å². The summed E-state index contributed by atoms with van der Waals surface area (Å²) in [5, 5.41) is 12.1. The Morgan fingerprint density at radius 3 is 2.13 bits per heavy atom. The number of aldehydes is 2. The molecule has 0 aromatic heterocycles. The van der Waals surface area contributed by atoms with Crippen molar-refractivity contribution in [1.82, 2.24) is 26.6 Å². The molecule has 1 fully saturated rings. The van der Waals surface area contributed by atoms with Crippen LogP contribution in [0.2, 0.25) is 0 Å². The Balaban J connectivity index is 1.88. The molecule has 4 unspecified atom stereocenters. The van der Waals surface area contributed by atoms with Gasteiger partial charge in [0.1, 0.15) is 36.2 Å². The molecule has 6 amide bonds. The first kappa shape index (κ1) is 37.9. The zero-order valence-corrected chi connectivity index (χ0v) is 26.7. The van der Waals surface area contributed by atoms with Crippen LogP contribution >= 0.6 is 12.6 Å². The molecule has 0 saturated heterocycles. The maximum Gasteiger partial charge on any atom is 0.246 e. The summed E-state index contributed by atoms with van der Waals surface area (Å²) in [4.78, 5) is 97.4. The van der Waals surface area contributed by atoms with Gasteiger partial charge in [0.2, 0.25) is 35.4 Å². The predicted molar refractivity (Wildman–Crippen MR) is 168 cm³/mol. The molecule has 7 N–H and O–H groups in total. The summed E-state index contributed by atoms with van der Waals surface area (Å²) >= 11 is 4.33. The van der Waals surface area contributed by atoms with Gasteiger partial charge in [-0.3, -0.25) is 28.8 Å². The Kier molecular flexibility index (Phi) is 14.8. The summed E-state index contributed by atoms with van der Waals surface area (Å²) < 4.78 is 3.74. The van der Waals surface area contributed by atoms with Crippen molar-refractivity contribution in [1.29, 1.82) is 0 Å². The lowest BCUT2D eigenvalue weighted by atomic mass is 9.72. The summed E-state index contributed by atoms with van der Waals surface area (Å²) in [7, 11) is 0. The van der Waals surface area contributed by atoms with Crippen molar-refractivity contribution in [2.45, 2.75) is 62.8 Å². The summed E-state index contributed by atoms with van der Waals surface area (Å²) in [5.41, 5.74) is 4.64. The molecule has 2 rings (SSSR count). The first-order valence-electron chi connectivity index (χ1n) is 14.8. The van der Waals surface area contributed by atoms with E-state index in [4.69, 9.17) is 10.5 Å². The minimum atomic E-state index is -1.60. The average Bonchev–Trinajstić information content (AvgIpc) is 3.87. The Labute approximate surface area is 272 Å². The lowest BCUT2D eigenvalue weighted by Gasteiger charge is -2.38. The van der Waals surface area contributed by atoms with E-state index in [0.29, 0.717) is 18.1 Å². The molecule has 0 spiro atoms. The van der Waals surface area contributed by atoms with Gasteiger partial charge in [0, 0.05) is 12.8 Å². The molecule has 4 atom stereocenters. The molecule has 1 aliphatic rings. The van der Waals surface area contributed by atoms with Crippen molar-refractivity contribution in [3.8, 4) is 0 Å². The third kappa shape index (κ3) is 11.2. The van der Waals surface area contributed by atoms with Gasteiger partial charge in [0.25, 0.3) is 0 Å². The molecule has 16 heteroatoms. The van der Waals surface area contributed by atoms with Crippen LogP contribution in [0.5, 0.6) is 0 Å². The van der Waals surface area contributed by atoms with Gasteiger partial charge in [-0.05, 0) is 37.7 Å². The molecular weight excluding hydrogens is 620 g/mol. The van der Waals surface area contributed by atoms with Crippen LogP contribution in [0.15, 0.2) is 30.3 Å². The second-order valence-corrected chi connectivity index (χ2v) is 12.0. The number of nitrogens with two attached hydrogens (primary N) is 1. The Morgan fingerprint density at radius 2 is 1.57 bits per heavy atom. The summed E-state index contributed by atoms with van der Waals surface area (Å²) in [6, 6.07) is 7.67. The summed E-state index contributed by atoms with van der Waals surface area (Å²) in [6.45, 7) is 1.22. The van der Waals surface area contributed by atoms with Crippen LogP contribution in [-0.4, -0.2) is 91.3 Å². The minimum Gasteiger partial charge on any atom is -0.367 e. The first-order valence-corrected chi connectivity index (χ1v) is 15.2. The van der Waals surface area contributed by atoms with Crippen molar-refractivity contribution < 1.29 is 43.1 Å². The highest BCUT2D eigenvalue weighted by Gasteiger charge is 2.49. The van der Waals surface area contributed by atoms with Gasteiger partial charge in [-0.2, -0.15) is 12.6 Å². The fourth-order valence-electron chi connectivity index (χ4n) is 4.60. The maximum absolute atomic E-state index is 13.0. The molecule has 15 nitrogen and oxygen atoms in total. The quantitative estimate of drug-likeness (QED) is 0.0451. The number of rotatable bonds is 21. The number of primary amides is 1. The number of hydrogen-bond acceptors (Lipinski definition) is 10. The molecule has 0 heterocycles. The van der Waals surface area contributed by atoms with Gasteiger partial charge < -0.3 is 46.6 Å². The molecule has 1 aromatic rings. The Hall–Kier alpha value is -4.31. The van der Waals surface area contributed by atoms with Crippen molar-refractivity contribution in [3.63, 3.8) is 0 Å². The molecule has 1 saturated carbocycles. The molecule has 0 radical (unpaired) electrons. The number of benzene rings is 1. The average molecular weight is 663 g/mol. The van der Waals surface area contributed by atoms with E-state index in [1.54, 1.807) is 37.3 Å². The number of nitrogens with one attached hydrogen (secondary N) is 5. The van der Waals surface area contributed by atoms with E-state index in [0.717, 1.165) is 12.8 Å². The topological polar surface area (TPSA) is 232 Å². The third-order valence-corrected chi connectivity index (χ3v) is 8.44. The van der Waals surface area contributed by atoms with Gasteiger partial charge in [-0.25, -0.2) is 0 Å². The summed E-state index contributed by atoms with van der Waals surface area (Å²) in [5.74, 6) is -4.06. The molecule has 1 aromatic carbocycles. The normalized spacial score (nSPS) is 16.2. The first-order chi connectivity index (χ1) is 21.8. The van der Waals surface area contributed by atoms with Gasteiger partial charge in [-0.1, -0.05) is 37.3 Å². The number of carbonyl (C=O) groups excluding carboxylic acids is 8. The van der Waals surface area contributed by atoms with Crippen molar-refractivity contribution in [2.24, 2.45) is 17.1 Å². The molecular formula is C30H42N6O9S. The highest BCUT2D eigenvalue weighted by molar-refractivity contribution is 7.82. The van der Waals surface area contributed by atoms with Crippen LogP contribution in [0.3, 0.4) is 0 Å². The van der Waals surface area contributed by atoms with Crippen LogP contribution in [0, 0.1) is 11.3 Å². The molecule has 0 aliphatic heterocycles. The van der Waals surface area contributed by atoms with Crippen molar-refractivity contribution in [2.75, 3.05) is 26.4 Å². The summed E-state index contributed by atoms with van der Waals surface area (Å²) in [6.07, 6.45) is 1.87. The standard InChI is InChI=1S/C30H42N6O9S/c1-3-30(17-38,11-12-37)29(2,46)28(44)34-15-22(39)32-16-24(41)36-21(13-19-7-5-4-6-8-19)27(43)33-14-23(40)35-18-45-25(26(31)42)20-9-10-20/h4-8,12,17,20-21,25,46H,3,9-11,13-16,18H2,1-2H3,(H2,31,42)(H,32,39)(H,33,43)(H,34,44)(H,35,40)(H,36,41). The Bertz CT molecular complexity index is 1270. The van der Waals surface area contributed by atoms with E-state index >= 15 is 0 Å². The number of ether oxygens (including phenoxy) is 1. The van der Waals surface area contributed by atoms with E-state index in [9.17, 15) is 38.4 Å². The van der Waals surface area contributed by atoms with Crippen LogP contribution < -0.4 is 32.3 Å².